The second kappa shape index (κ2) is 8.63. The van der Waals surface area contributed by atoms with Gasteiger partial charge in [0.25, 0.3) is 0 Å². The summed E-state index contributed by atoms with van der Waals surface area (Å²) in [5.41, 5.74) is 2.76. The molecular weight excluding hydrogens is 194 g/mol. The molecular formula is C11H17NOS. The fourth-order valence-corrected chi connectivity index (χ4v) is 1.01. The van der Waals surface area contributed by atoms with Crippen LogP contribution in [0.15, 0.2) is 29.3 Å². The lowest BCUT2D eigenvalue weighted by Crippen LogP contribution is -1.79. The first kappa shape index (κ1) is 13.0. The molecule has 0 aliphatic carbocycles. The molecule has 1 rings (SSSR count). The van der Waals surface area contributed by atoms with Crippen molar-refractivity contribution in [2.24, 2.45) is 4.99 Å². The molecule has 2 nitrogen and oxygen atoms in total. The molecule has 0 aromatic heterocycles. The zero-order chi connectivity index (χ0) is 10.8. The van der Waals surface area contributed by atoms with E-state index < -0.39 is 0 Å². The number of ether oxygens (including phenoxy) is 1. The lowest BCUT2D eigenvalue weighted by molar-refractivity contribution is 0.415. The number of hydrogen-bond donors (Lipinski definition) is 0. The van der Waals surface area contributed by atoms with Gasteiger partial charge in [-0.05, 0) is 30.5 Å². The predicted octanol–water partition coefficient (Wildman–Crippen LogP) is 3.74. The summed E-state index contributed by atoms with van der Waals surface area (Å²) in [4.78, 5) is 4.18. The number of thioether (sulfide) groups is 1. The molecule has 0 atom stereocenters. The van der Waals surface area contributed by atoms with Crippen LogP contribution in [-0.4, -0.2) is 18.9 Å². The Morgan fingerprint density at radius 1 is 1.21 bits per heavy atom. The van der Waals surface area contributed by atoms with Crippen LogP contribution < -0.4 is 4.74 Å². The lowest BCUT2D eigenvalue weighted by Gasteiger charge is -1.97. The third-order valence-electron chi connectivity index (χ3n) is 1.38. The van der Waals surface area contributed by atoms with E-state index in [4.69, 9.17) is 4.74 Å². The van der Waals surface area contributed by atoms with Crippen LogP contribution in [0.1, 0.15) is 13.8 Å². The van der Waals surface area contributed by atoms with E-state index >= 15 is 0 Å². The second-order valence-electron chi connectivity index (χ2n) is 2.17. The van der Waals surface area contributed by atoms with Crippen molar-refractivity contribution >= 4 is 23.0 Å². The van der Waals surface area contributed by atoms with E-state index in [1.807, 2.05) is 49.9 Å². The van der Waals surface area contributed by atoms with Gasteiger partial charge in [0.2, 0.25) is 0 Å². The first-order valence-electron chi connectivity index (χ1n) is 4.56. The average molecular weight is 211 g/mol. The van der Waals surface area contributed by atoms with Gasteiger partial charge in [-0.1, -0.05) is 13.8 Å². The normalized spacial score (nSPS) is 9.43. The summed E-state index contributed by atoms with van der Waals surface area (Å²) < 4.78 is 5.02. The van der Waals surface area contributed by atoms with E-state index in [0.717, 1.165) is 11.4 Å². The maximum Gasteiger partial charge on any atom is 0.119 e. The Balaban J connectivity index is 0.000000791. The topological polar surface area (TPSA) is 21.6 Å². The molecule has 0 unspecified atom stereocenters. The van der Waals surface area contributed by atoms with Crippen molar-refractivity contribution < 1.29 is 4.74 Å². The molecule has 1 aromatic rings. The Bertz CT molecular complexity index is 256. The van der Waals surface area contributed by atoms with Crippen molar-refractivity contribution in [1.82, 2.24) is 0 Å². The van der Waals surface area contributed by atoms with Crippen LogP contribution >= 0.6 is 11.8 Å². The summed E-state index contributed by atoms with van der Waals surface area (Å²) in [6, 6.07) is 7.64. The molecule has 0 fully saturated rings. The van der Waals surface area contributed by atoms with Crippen molar-refractivity contribution in [3.8, 4) is 5.75 Å². The molecule has 14 heavy (non-hydrogen) atoms. The van der Waals surface area contributed by atoms with E-state index in [2.05, 4.69) is 4.99 Å². The van der Waals surface area contributed by atoms with Crippen LogP contribution in [0.4, 0.5) is 5.69 Å². The highest BCUT2D eigenvalue weighted by atomic mass is 32.2. The zero-order valence-corrected chi connectivity index (χ0v) is 9.97. The van der Waals surface area contributed by atoms with Gasteiger partial charge in [0.15, 0.2) is 0 Å². The summed E-state index contributed by atoms with van der Waals surface area (Å²) in [7, 11) is 1.65. The SMILES string of the molecule is CC.COc1ccc(N=CSC)cc1. The van der Waals surface area contributed by atoms with E-state index in [-0.39, 0.29) is 0 Å². The van der Waals surface area contributed by atoms with Crippen LogP contribution in [0.3, 0.4) is 0 Å². The van der Waals surface area contributed by atoms with Gasteiger partial charge in [0.1, 0.15) is 5.75 Å². The van der Waals surface area contributed by atoms with Gasteiger partial charge in [-0.3, -0.25) is 4.99 Å². The zero-order valence-electron chi connectivity index (χ0n) is 9.15. The molecule has 0 amide bonds. The van der Waals surface area contributed by atoms with Crippen molar-refractivity contribution in [3.05, 3.63) is 24.3 Å². The summed E-state index contributed by atoms with van der Waals surface area (Å²) >= 11 is 1.58. The molecule has 78 valence electrons. The van der Waals surface area contributed by atoms with Crippen LogP contribution in [0, 0.1) is 0 Å². The summed E-state index contributed by atoms with van der Waals surface area (Å²) in [6.45, 7) is 4.00. The highest BCUT2D eigenvalue weighted by Gasteiger charge is 1.89. The first-order valence-corrected chi connectivity index (χ1v) is 5.85. The van der Waals surface area contributed by atoms with Crippen molar-refractivity contribution in [3.63, 3.8) is 0 Å². The molecule has 0 heterocycles. The molecule has 1 aromatic carbocycles. The van der Waals surface area contributed by atoms with Crippen molar-refractivity contribution in [2.45, 2.75) is 13.8 Å². The van der Waals surface area contributed by atoms with Crippen molar-refractivity contribution in [2.75, 3.05) is 13.4 Å². The van der Waals surface area contributed by atoms with Crippen LogP contribution in [0.25, 0.3) is 0 Å². The van der Waals surface area contributed by atoms with Crippen LogP contribution in [0.2, 0.25) is 0 Å². The minimum absolute atomic E-state index is 0.859. The molecule has 0 spiro atoms. The van der Waals surface area contributed by atoms with E-state index in [0.29, 0.717) is 0 Å². The Hall–Kier alpha value is -0.960. The fourth-order valence-electron chi connectivity index (χ4n) is 0.782. The van der Waals surface area contributed by atoms with Gasteiger partial charge < -0.3 is 4.74 Å². The second-order valence-corrected chi connectivity index (χ2v) is 2.85. The number of rotatable bonds is 3. The van der Waals surface area contributed by atoms with Crippen LogP contribution in [-0.2, 0) is 0 Å². The highest BCUT2D eigenvalue weighted by Crippen LogP contribution is 2.17. The van der Waals surface area contributed by atoms with Gasteiger partial charge >= 0.3 is 0 Å². The molecule has 0 aliphatic rings. The summed E-state index contributed by atoms with van der Waals surface area (Å²) in [5, 5.41) is 0. The fraction of sp³-hybridized carbons (Fsp3) is 0.364. The number of aliphatic imine (C=N–C) groups is 1. The quantitative estimate of drug-likeness (QED) is 0.561. The number of hydrogen-bond acceptors (Lipinski definition) is 3. The van der Waals surface area contributed by atoms with Crippen LogP contribution in [0.5, 0.6) is 5.75 Å². The average Bonchev–Trinajstić information content (AvgIpc) is 2.30. The van der Waals surface area contributed by atoms with Gasteiger partial charge in [-0.15, -0.1) is 11.8 Å². The monoisotopic (exact) mass is 211 g/mol. The maximum absolute atomic E-state index is 5.02. The molecule has 0 saturated heterocycles. The molecule has 0 radical (unpaired) electrons. The van der Waals surface area contributed by atoms with Gasteiger partial charge in [0, 0.05) is 0 Å². The van der Waals surface area contributed by atoms with E-state index in [1.165, 1.54) is 0 Å². The Morgan fingerprint density at radius 2 is 1.79 bits per heavy atom. The van der Waals surface area contributed by atoms with E-state index in [9.17, 15) is 0 Å². The Morgan fingerprint density at radius 3 is 2.21 bits per heavy atom. The number of benzene rings is 1. The Labute approximate surface area is 90.4 Å². The summed E-state index contributed by atoms with van der Waals surface area (Å²) in [5.74, 6) is 0.859. The van der Waals surface area contributed by atoms with E-state index in [1.54, 1.807) is 18.9 Å². The summed E-state index contributed by atoms with van der Waals surface area (Å²) in [6.07, 6.45) is 1.98. The highest BCUT2D eigenvalue weighted by molar-refractivity contribution is 8.11. The molecule has 0 saturated carbocycles. The smallest absolute Gasteiger partial charge is 0.119 e. The van der Waals surface area contributed by atoms with Gasteiger partial charge in [0.05, 0.1) is 18.3 Å². The predicted molar refractivity (Wildman–Crippen MR) is 66.0 cm³/mol. The third kappa shape index (κ3) is 4.92. The standard InChI is InChI=1S/C9H11NOS.C2H6/c1-11-9-5-3-8(4-6-9)10-7-12-2;1-2/h3-7H,1-2H3;1-2H3. The molecule has 0 N–H and O–H groups in total. The van der Waals surface area contributed by atoms with Crippen molar-refractivity contribution in [1.29, 1.82) is 0 Å². The largest absolute Gasteiger partial charge is 0.497 e. The number of methoxy groups -OCH3 is 1. The van der Waals surface area contributed by atoms with Gasteiger partial charge in [-0.2, -0.15) is 0 Å². The minimum atomic E-state index is 0.859. The van der Waals surface area contributed by atoms with Gasteiger partial charge in [-0.25, -0.2) is 0 Å². The molecule has 0 bridgehead atoms. The Kier molecular flexibility index (Phi) is 8.04. The maximum atomic E-state index is 5.02. The lowest BCUT2D eigenvalue weighted by atomic mass is 10.3. The minimum Gasteiger partial charge on any atom is -0.497 e. The third-order valence-corrected chi connectivity index (χ3v) is 1.70. The molecule has 3 heteroatoms. The number of nitrogens with zero attached hydrogens (tertiary/aromatic N) is 1. The molecule has 0 aliphatic heterocycles. The first-order chi connectivity index (χ1) is 6.86.